The van der Waals surface area contributed by atoms with Crippen LogP contribution in [0.25, 0.3) is 0 Å². The molecular formula is C9H17NO4. The van der Waals surface area contributed by atoms with Crippen molar-refractivity contribution in [2.45, 2.75) is 31.7 Å². The van der Waals surface area contributed by atoms with Crippen LogP contribution < -0.4 is 5.73 Å². The molecule has 2 unspecified atom stereocenters. The van der Waals surface area contributed by atoms with Gasteiger partial charge in [0.1, 0.15) is 6.10 Å². The molecule has 1 heterocycles. The van der Waals surface area contributed by atoms with Crippen molar-refractivity contribution in [1.82, 2.24) is 0 Å². The van der Waals surface area contributed by atoms with E-state index in [1.807, 2.05) is 0 Å². The second kappa shape index (κ2) is 5.95. The van der Waals surface area contributed by atoms with Crippen LogP contribution in [0.5, 0.6) is 0 Å². The molecule has 0 bridgehead atoms. The predicted octanol–water partition coefficient (Wildman–Crippen LogP) is 0.0299. The lowest BCUT2D eigenvalue weighted by molar-refractivity contribution is -0.149. The van der Waals surface area contributed by atoms with E-state index in [9.17, 15) is 4.79 Å². The van der Waals surface area contributed by atoms with Crippen molar-refractivity contribution in [3.8, 4) is 0 Å². The molecule has 5 nitrogen and oxygen atoms in total. The third-order valence-electron chi connectivity index (χ3n) is 2.07. The van der Waals surface area contributed by atoms with Crippen molar-refractivity contribution in [3.05, 3.63) is 0 Å². The Balaban J connectivity index is 2.15. The van der Waals surface area contributed by atoms with Gasteiger partial charge in [-0.2, -0.15) is 0 Å². The van der Waals surface area contributed by atoms with Gasteiger partial charge in [-0.1, -0.05) is 0 Å². The lowest BCUT2D eigenvalue weighted by Crippen LogP contribution is -2.19. The lowest BCUT2D eigenvalue weighted by atomic mass is 10.3. The maximum absolute atomic E-state index is 11.2. The fourth-order valence-electron chi connectivity index (χ4n) is 1.30. The van der Waals surface area contributed by atoms with Crippen LogP contribution in [0.1, 0.15) is 19.3 Å². The van der Waals surface area contributed by atoms with Gasteiger partial charge in [0.15, 0.2) is 6.29 Å². The maximum atomic E-state index is 11.2. The van der Waals surface area contributed by atoms with E-state index in [1.165, 1.54) is 0 Å². The van der Waals surface area contributed by atoms with Crippen molar-refractivity contribution >= 4 is 5.97 Å². The van der Waals surface area contributed by atoms with E-state index in [1.54, 1.807) is 7.11 Å². The van der Waals surface area contributed by atoms with Crippen LogP contribution in [-0.4, -0.2) is 38.6 Å². The number of esters is 1. The topological polar surface area (TPSA) is 70.8 Å². The van der Waals surface area contributed by atoms with Gasteiger partial charge in [0, 0.05) is 20.0 Å². The molecule has 0 saturated carbocycles. The summed E-state index contributed by atoms with van der Waals surface area (Å²) in [5.41, 5.74) is 5.28. The summed E-state index contributed by atoms with van der Waals surface area (Å²) in [4.78, 5) is 11.2. The van der Waals surface area contributed by atoms with Crippen molar-refractivity contribution in [1.29, 1.82) is 0 Å². The van der Waals surface area contributed by atoms with E-state index in [2.05, 4.69) is 0 Å². The fraction of sp³-hybridized carbons (Fsp3) is 0.889. The maximum Gasteiger partial charge on any atom is 0.306 e. The molecule has 0 amide bonds. The van der Waals surface area contributed by atoms with Gasteiger partial charge < -0.3 is 19.9 Å². The minimum Gasteiger partial charge on any atom is -0.460 e. The number of nitrogens with two attached hydrogens (primary N) is 1. The summed E-state index contributed by atoms with van der Waals surface area (Å²) in [6, 6.07) is 0. The Morgan fingerprint density at radius 2 is 2.43 bits per heavy atom. The summed E-state index contributed by atoms with van der Waals surface area (Å²) in [5.74, 6) is -0.208. The summed E-state index contributed by atoms with van der Waals surface area (Å²) in [5, 5.41) is 0. The monoisotopic (exact) mass is 203 g/mol. The Kier molecular flexibility index (Phi) is 4.86. The molecule has 0 aliphatic carbocycles. The van der Waals surface area contributed by atoms with Crippen LogP contribution in [0.2, 0.25) is 0 Å². The van der Waals surface area contributed by atoms with Crippen LogP contribution in [0.4, 0.5) is 0 Å². The first-order chi connectivity index (χ1) is 6.76. The van der Waals surface area contributed by atoms with Gasteiger partial charge in [0.25, 0.3) is 0 Å². The van der Waals surface area contributed by atoms with E-state index >= 15 is 0 Å². The molecule has 1 saturated heterocycles. The molecule has 0 aromatic carbocycles. The fourth-order valence-corrected chi connectivity index (χ4v) is 1.30. The number of carbonyl (C=O) groups excluding carboxylic acids is 1. The van der Waals surface area contributed by atoms with E-state index in [0.29, 0.717) is 32.4 Å². The highest BCUT2D eigenvalue weighted by molar-refractivity contribution is 5.69. The van der Waals surface area contributed by atoms with Crippen molar-refractivity contribution in [2.75, 3.05) is 20.3 Å². The van der Waals surface area contributed by atoms with Crippen LogP contribution in [0.3, 0.4) is 0 Å². The van der Waals surface area contributed by atoms with E-state index < -0.39 is 0 Å². The van der Waals surface area contributed by atoms with Crippen LogP contribution in [0.15, 0.2) is 0 Å². The third-order valence-corrected chi connectivity index (χ3v) is 2.07. The molecule has 5 heteroatoms. The lowest BCUT2D eigenvalue weighted by Gasteiger charge is -2.09. The number of rotatable bonds is 5. The summed E-state index contributed by atoms with van der Waals surface area (Å²) >= 11 is 0. The molecule has 0 spiro atoms. The third kappa shape index (κ3) is 3.61. The number of carbonyl (C=O) groups is 1. The summed E-state index contributed by atoms with van der Waals surface area (Å²) < 4.78 is 15.3. The molecule has 1 aliphatic heterocycles. The number of hydrogen-bond acceptors (Lipinski definition) is 5. The predicted molar refractivity (Wildman–Crippen MR) is 49.5 cm³/mol. The Morgan fingerprint density at radius 1 is 1.64 bits per heavy atom. The minimum absolute atomic E-state index is 0.162. The zero-order chi connectivity index (χ0) is 10.4. The highest BCUT2D eigenvalue weighted by Gasteiger charge is 2.27. The SMILES string of the molecule is COC1CC(OC(=O)CCCN)CO1. The van der Waals surface area contributed by atoms with Gasteiger partial charge in [-0.05, 0) is 13.0 Å². The molecule has 1 fully saturated rings. The summed E-state index contributed by atoms with van der Waals surface area (Å²) in [6.45, 7) is 0.934. The first-order valence-electron chi connectivity index (χ1n) is 4.80. The second-order valence-electron chi connectivity index (χ2n) is 3.24. The Bertz CT molecular complexity index is 186. The van der Waals surface area contributed by atoms with Crippen LogP contribution in [0, 0.1) is 0 Å². The van der Waals surface area contributed by atoms with E-state index in [-0.39, 0.29) is 18.4 Å². The van der Waals surface area contributed by atoms with Crippen molar-refractivity contribution in [3.63, 3.8) is 0 Å². The minimum atomic E-state index is -0.234. The van der Waals surface area contributed by atoms with Crippen LogP contribution >= 0.6 is 0 Å². The van der Waals surface area contributed by atoms with Gasteiger partial charge in [-0.15, -0.1) is 0 Å². The standard InChI is InChI=1S/C9H17NO4/c1-12-9-5-7(6-13-9)14-8(11)3-2-4-10/h7,9H,2-6,10H2,1H3. The molecule has 1 rings (SSSR count). The highest BCUT2D eigenvalue weighted by atomic mass is 16.7. The molecule has 2 N–H and O–H groups in total. The van der Waals surface area contributed by atoms with Gasteiger partial charge in [-0.3, -0.25) is 4.79 Å². The second-order valence-corrected chi connectivity index (χ2v) is 3.24. The average Bonchev–Trinajstić information content (AvgIpc) is 2.62. The Labute approximate surface area is 83.5 Å². The zero-order valence-electron chi connectivity index (χ0n) is 8.40. The van der Waals surface area contributed by atoms with Gasteiger partial charge in [-0.25, -0.2) is 0 Å². The Morgan fingerprint density at radius 3 is 3.00 bits per heavy atom. The average molecular weight is 203 g/mol. The Hall–Kier alpha value is -0.650. The highest BCUT2D eigenvalue weighted by Crippen LogP contribution is 2.17. The quantitative estimate of drug-likeness (QED) is 0.638. The van der Waals surface area contributed by atoms with Gasteiger partial charge in [0.2, 0.25) is 0 Å². The molecule has 1 aliphatic rings. The molecule has 82 valence electrons. The van der Waals surface area contributed by atoms with E-state index in [4.69, 9.17) is 19.9 Å². The first kappa shape index (κ1) is 11.4. The molecule has 0 aromatic heterocycles. The zero-order valence-corrected chi connectivity index (χ0v) is 8.40. The summed E-state index contributed by atoms with van der Waals surface area (Å²) in [6.07, 6.45) is 1.27. The molecule has 2 atom stereocenters. The number of methoxy groups -OCH3 is 1. The molecular weight excluding hydrogens is 186 g/mol. The summed E-state index contributed by atoms with van der Waals surface area (Å²) in [7, 11) is 1.57. The molecule has 14 heavy (non-hydrogen) atoms. The van der Waals surface area contributed by atoms with Gasteiger partial charge in [0.05, 0.1) is 6.61 Å². The molecule has 0 aromatic rings. The normalized spacial score (nSPS) is 26.4. The van der Waals surface area contributed by atoms with Crippen molar-refractivity contribution < 1.29 is 19.0 Å². The molecule has 0 radical (unpaired) electrons. The first-order valence-corrected chi connectivity index (χ1v) is 4.80. The number of hydrogen-bond donors (Lipinski definition) is 1. The smallest absolute Gasteiger partial charge is 0.306 e. The van der Waals surface area contributed by atoms with Gasteiger partial charge >= 0.3 is 5.97 Å². The number of ether oxygens (including phenoxy) is 3. The van der Waals surface area contributed by atoms with E-state index in [0.717, 1.165) is 0 Å². The van der Waals surface area contributed by atoms with Crippen LogP contribution in [-0.2, 0) is 19.0 Å². The largest absolute Gasteiger partial charge is 0.460 e. The van der Waals surface area contributed by atoms with Crippen molar-refractivity contribution in [2.24, 2.45) is 5.73 Å².